The lowest BCUT2D eigenvalue weighted by Gasteiger charge is -2.30. The minimum absolute atomic E-state index is 0.0252. The molecule has 0 fully saturated rings. The van der Waals surface area contributed by atoms with E-state index in [0.717, 1.165) is 17.7 Å². The molecule has 0 N–H and O–H groups in total. The monoisotopic (exact) mass is 299 g/mol. The van der Waals surface area contributed by atoms with Crippen molar-refractivity contribution in [3.63, 3.8) is 0 Å². The minimum Gasteiger partial charge on any atom is -0.310 e. The Kier molecular flexibility index (Phi) is 3.73. The Balaban J connectivity index is 1.98. The maximum Gasteiger partial charge on any atom is 0.252 e. The molecule has 1 atom stereocenters. The van der Waals surface area contributed by atoms with Gasteiger partial charge >= 0.3 is 0 Å². The van der Waals surface area contributed by atoms with Crippen LogP contribution < -0.4 is 4.90 Å². The van der Waals surface area contributed by atoms with Crippen molar-refractivity contribution in [2.75, 3.05) is 11.4 Å². The molecule has 0 radical (unpaired) electrons. The van der Waals surface area contributed by atoms with Crippen LogP contribution in [0.15, 0.2) is 54.6 Å². The van der Waals surface area contributed by atoms with Gasteiger partial charge in [0.15, 0.2) is 0 Å². The molecule has 2 aromatic rings. The van der Waals surface area contributed by atoms with Gasteiger partial charge in [-0.3, -0.25) is 4.79 Å². The van der Waals surface area contributed by atoms with E-state index in [1.165, 1.54) is 5.56 Å². The van der Waals surface area contributed by atoms with E-state index in [0.29, 0.717) is 13.0 Å². The molecule has 0 saturated carbocycles. The van der Waals surface area contributed by atoms with Crippen LogP contribution in [-0.4, -0.2) is 12.5 Å². The first-order valence-electron chi connectivity index (χ1n) is 7.31. The molecule has 3 heteroatoms. The Bertz CT molecular complexity index is 655. The van der Waals surface area contributed by atoms with Crippen molar-refractivity contribution in [3.05, 3.63) is 65.7 Å². The maximum absolute atomic E-state index is 13.1. The van der Waals surface area contributed by atoms with Gasteiger partial charge in [0.05, 0.1) is 0 Å². The number of nitrogens with zero attached hydrogens (tertiary/aromatic N) is 1. The molecule has 0 unspecified atom stereocenters. The summed E-state index contributed by atoms with van der Waals surface area (Å²) in [7, 11) is 0. The van der Waals surface area contributed by atoms with Crippen LogP contribution in [0.5, 0.6) is 0 Å². The Morgan fingerprint density at radius 1 is 1.14 bits per heavy atom. The molecule has 108 valence electrons. The Morgan fingerprint density at radius 3 is 2.52 bits per heavy atom. The van der Waals surface area contributed by atoms with E-state index in [9.17, 15) is 4.79 Å². The highest BCUT2D eigenvalue weighted by atomic mass is 35.5. The van der Waals surface area contributed by atoms with Crippen molar-refractivity contribution in [3.8, 4) is 0 Å². The average Bonchev–Trinajstić information content (AvgIpc) is 2.98. The molecule has 21 heavy (non-hydrogen) atoms. The lowest BCUT2D eigenvalue weighted by molar-refractivity contribution is -0.121. The molecule has 1 amide bonds. The van der Waals surface area contributed by atoms with Crippen molar-refractivity contribution in [1.29, 1.82) is 0 Å². The number of hydrogen-bond acceptors (Lipinski definition) is 1. The van der Waals surface area contributed by atoms with E-state index in [-0.39, 0.29) is 5.91 Å². The number of halogens is 1. The molecule has 2 aromatic carbocycles. The van der Waals surface area contributed by atoms with Crippen LogP contribution in [0.25, 0.3) is 0 Å². The Hall–Kier alpha value is -1.80. The molecule has 0 bridgehead atoms. The quantitative estimate of drug-likeness (QED) is 0.781. The second-order valence-corrected chi connectivity index (χ2v) is 6.00. The number of rotatable bonds is 3. The third-order valence-corrected chi connectivity index (χ3v) is 4.84. The summed E-state index contributed by atoms with van der Waals surface area (Å²) in [6.45, 7) is 2.67. The highest BCUT2D eigenvalue weighted by molar-refractivity contribution is 6.36. The predicted molar refractivity (Wildman–Crippen MR) is 86.8 cm³/mol. The van der Waals surface area contributed by atoms with Gasteiger partial charge in [0.1, 0.15) is 4.87 Å². The summed E-state index contributed by atoms with van der Waals surface area (Å²) in [5.74, 6) is -0.0252. The highest BCUT2D eigenvalue weighted by Crippen LogP contribution is 2.38. The van der Waals surface area contributed by atoms with Crippen LogP contribution in [-0.2, 0) is 16.1 Å². The number of para-hydroxylation sites is 1. The van der Waals surface area contributed by atoms with E-state index < -0.39 is 4.87 Å². The molecule has 2 nitrogen and oxygen atoms in total. The summed E-state index contributed by atoms with van der Waals surface area (Å²) < 4.78 is 0. The number of benzene rings is 2. The number of anilines is 1. The summed E-state index contributed by atoms with van der Waals surface area (Å²) in [5.41, 5.74) is 3.08. The largest absolute Gasteiger partial charge is 0.310 e. The highest BCUT2D eigenvalue weighted by Gasteiger charge is 2.41. The number of carbonyl (C=O) groups is 1. The van der Waals surface area contributed by atoms with Gasteiger partial charge < -0.3 is 4.90 Å². The second kappa shape index (κ2) is 5.53. The fourth-order valence-corrected chi connectivity index (χ4v) is 3.17. The number of alkyl halides is 1. The molecular formula is C18H18ClNO. The third kappa shape index (κ3) is 2.34. The molecule has 0 aliphatic carbocycles. The summed E-state index contributed by atoms with van der Waals surface area (Å²) in [4.78, 5) is 13.9. The van der Waals surface area contributed by atoms with Crippen molar-refractivity contribution < 1.29 is 4.79 Å². The molecule has 0 saturated heterocycles. The van der Waals surface area contributed by atoms with E-state index in [1.807, 2.05) is 60.4 Å². The zero-order valence-electron chi connectivity index (χ0n) is 12.1. The lowest BCUT2D eigenvalue weighted by Crippen LogP contribution is -2.42. The van der Waals surface area contributed by atoms with Crippen LogP contribution in [0.1, 0.15) is 24.5 Å². The zero-order valence-corrected chi connectivity index (χ0v) is 12.8. The fourth-order valence-electron chi connectivity index (χ4n) is 2.94. The number of hydrogen-bond donors (Lipinski definition) is 0. The van der Waals surface area contributed by atoms with Gasteiger partial charge in [0.25, 0.3) is 5.91 Å². The molecule has 1 heterocycles. The third-order valence-electron chi connectivity index (χ3n) is 4.19. The van der Waals surface area contributed by atoms with Crippen LogP contribution in [0.3, 0.4) is 0 Å². The minimum atomic E-state index is -0.987. The first-order valence-corrected chi connectivity index (χ1v) is 7.69. The van der Waals surface area contributed by atoms with Gasteiger partial charge in [-0.2, -0.15) is 0 Å². The molecule has 1 aliphatic rings. The maximum atomic E-state index is 13.1. The molecular weight excluding hydrogens is 282 g/mol. The van der Waals surface area contributed by atoms with Gasteiger partial charge in [-0.1, -0.05) is 55.5 Å². The predicted octanol–water partition coefficient (Wildman–Crippen LogP) is 4.12. The first-order chi connectivity index (χ1) is 10.2. The van der Waals surface area contributed by atoms with Crippen molar-refractivity contribution in [2.45, 2.75) is 24.6 Å². The van der Waals surface area contributed by atoms with Crippen LogP contribution in [0.4, 0.5) is 5.69 Å². The van der Waals surface area contributed by atoms with Crippen LogP contribution >= 0.6 is 11.6 Å². The number of fused-ring (bicyclic) bond motifs is 1. The van der Waals surface area contributed by atoms with E-state index in [1.54, 1.807) is 0 Å². The molecule has 0 aromatic heterocycles. The van der Waals surface area contributed by atoms with E-state index in [4.69, 9.17) is 11.6 Å². The van der Waals surface area contributed by atoms with Crippen molar-refractivity contribution in [2.24, 2.45) is 0 Å². The second-order valence-electron chi connectivity index (χ2n) is 5.36. The zero-order chi connectivity index (χ0) is 14.9. The summed E-state index contributed by atoms with van der Waals surface area (Å²) in [6, 6.07) is 17.7. The Morgan fingerprint density at radius 2 is 1.81 bits per heavy atom. The van der Waals surface area contributed by atoms with Crippen molar-refractivity contribution >= 4 is 23.2 Å². The van der Waals surface area contributed by atoms with Gasteiger partial charge in [-0.15, -0.1) is 11.6 Å². The Labute approximate surface area is 130 Å². The summed E-state index contributed by atoms with van der Waals surface area (Å²) >= 11 is 6.75. The van der Waals surface area contributed by atoms with Gasteiger partial charge in [0.2, 0.25) is 0 Å². The summed E-state index contributed by atoms with van der Waals surface area (Å²) in [5, 5.41) is 0. The van der Waals surface area contributed by atoms with E-state index in [2.05, 4.69) is 6.07 Å². The fraction of sp³-hybridized carbons (Fsp3) is 0.278. The number of amides is 1. The first kappa shape index (κ1) is 14.2. The van der Waals surface area contributed by atoms with Gasteiger partial charge in [0, 0.05) is 12.2 Å². The van der Waals surface area contributed by atoms with Crippen LogP contribution in [0, 0.1) is 0 Å². The smallest absolute Gasteiger partial charge is 0.252 e. The molecule has 1 aliphatic heterocycles. The summed E-state index contributed by atoms with van der Waals surface area (Å²) in [6.07, 6.45) is 1.46. The van der Waals surface area contributed by atoms with Crippen LogP contribution in [0.2, 0.25) is 0 Å². The van der Waals surface area contributed by atoms with Gasteiger partial charge in [-0.05, 0) is 30.0 Å². The average molecular weight is 300 g/mol. The lowest BCUT2D eigenvalue weighted by atomic mass is 9.94. The van der Waals surface area contributed by atoms with Gasteiger partial charge in [-0.25, -0.2) is 0 Å². The van der Waals surface area contributed by atoms with E-state index >= 15 is 0 Å². The number of carbonyl (C=O) groups excluding carboxylic acids is 1. The standard InChI is InChI=1S/C18H18ClNO/c1-2-18(19,15-9-4-3-5-10-15)17(21)20-13-12-14-8-6-7-11-16(14)20/h3-11H,2,12-13H2,1H3/t18-/m0/s1. The SMILES string of the molecule is CC[C@@](Cl)(C(=O)N1CCc2ccccc21)c1ccccc1. The molecule has 0 spiro atoms. The van der Waals surface area contributed by atoms with Crippen molar-refractivity contribution in [1.82, 2.24) is 0 Å². The molecule has 3 rings (SSSR count). The normalized spacial score (nSPS) is 16.4. The topological polar surface area (TPSA) is 20.3 Å².